The summed E-state index contributed by atoms with van der Waals surface area (Å²) < 4.78 is 2.07. The molecule has 0 spiro atoms. The summed E-state index contributed by atoms with van der Waals surface area (Å²) >= 11 is 18.1. The number of rotatable bonds is 3. The van der Waals surface area contributed by atoms with E-state index in [1.54, 1.807) is 0 Å². The number of aromatic nitrogens is 1. The number of carbonyl (C=O) groups is 1. The molecule has 132 valence electrons. The van der Waals surface area contributed by atoms with Crippen molar-refractivity contribution < 1.29 is 4.79 Å². The molecular weight excluding hydrogens is 379 g/mol. The minimum absolute atomic E-state index is 0.245. The van der Waals surface area contributed by atoms with Crippen LogP contribution in [0.3, 0.4) is 0 Å². The Balaban J connectivity index is 0.000000326. The van der Waals surface area contributed by atoms with Crippen molar-refractivity contribution in [3.8, 4) is 11.1 Å². The number of hydrogen-bond donors (Lipinski definition) is 1. The van der Waals surface area contributed by atoms with Crippen LogP contribution in [0, 0.1) is 0 Å². The Kier molecular flexibility index (Phi) is 6.91. The van der Waals surface area contributed by atoms with Gasteiger partial charge in [0.2, 0.25) is 0 Å². The van der Waals surface area contributed by atoms with Crippen molar-refractivity contribution >= 4 is 52.0 Å². The highest BCUT2D eigenvalue weighted by molar-refractivity contribution is 6.42. The van der Waals surface area contributed by atoms with Gasteiger partial charge in [0.15, 0.2) is 0 Å². The van der Waals surface area contributed by atoms with Crippen LogP contribution >= 0.6 is 34.8 Å². The third-order valence-electron chi connectivity index (χ3n) is 3.83. The molecule has 0 amide bonds. The second-order valence-electron chi connectivity index (χ2n) is 5.65. The van der Waals surface area contributed by atoms with E-state index in [-0.39, 0.29) is 6.04 Å². The topological polar surface area (TPSA) is 48.0 Å². The van der Waals surface area contributed by atoms with Gasteiger partial charge in [0.05, 0.1) is 16.1 Å². The molecule has 6 heteroatoms. The number of carbonyl (C=O) groups excluding carboxylic acids is 1. The monoisotopic (exact) mass is 396 g/mol. The quantitative estimate of drug-likeness (QED) is 0.574. The first-order valence-electron chi connectivity index (χ1n) is 7.78. The Bertz CT molecular complexity index is 890. The number of benzene rings is 2. The maximum atomic E-state index is 9.61. The molecule has 3 nitrogen and oxygen atoms in total. The molecule has 1 unspecified atom stereocenters. The van der Waals surface area contributed by atoms with Crippen LogP contribution in [0.4, 0.5) is 0 Å². The molecule has 25 heavy (non-hydrogen) atoms. The number of aryl methyl sites for hydroxylation is 1. The predicted octanol–water partition coefficient (Wildman–Crippen LogP) is 5.73. The third-order valence-corrected chi connectivity index (χ3v) is 4.80. The Hall–Kier alpha value is -1.52. The summed E-state index contributed by atoms with van der Waals surface area (Å²) in [6.07, 6.45) is 3.56. The van der Waals surface area contributed by atoms with E-state index in [2.05, 4.69) is 10.8 Å². The van der Waals surface area contributed by atoms with E-state index < -0.39 is 0 Å². The van der Waals surface area contributed by atoms with E-state index in [9.17, 15) is 4.79 Å². The van der Waals surface area contributed by atoms with E-state index in [1.807, 2.05) is 50.4 Å². The molecule has 0 bridgehead atoms. The van der Waals surface area contributed by atoms with Crippen molar-refractivity contribution in [1.29, 1.82) is 0 Å². The lowest BCUT2D eigenvalue weighted by Crippen LogP contribution is -2.19. The maximum absolute atomic E-state index is 9.61. The lowest BCUT2D eigenvalue weighted by atomic mass is 10.1. The van der Waals surface area contributed by atoms with Gasteiger partial charge >= 0.3 is 0 Å². The molecule has 3 aromatic rings. The molecular formula is C19H19Cl3N2O. The average Bonchev–Trinajstić information content (AvgIpc) is 2.93. The number of nitrogens with two attached hydrogens (primary N) is 1. The summed E-state index contributed by atoms with van der Waals surface area (Å²) in [6, 6.07) is 11.3. The number of aldehydes is 1. The second kappa shape index (κ2) is 8.72. The number of hydrogen-bond acceptors (Lipinski definition) is 2. The van der Waals surface area contributed by atoms with Crippen LogP contribution in [0.1, 0.15) is 13.3 Å². The Morgan fingerprint density at radius 1 is 1.12 bits per heavy atom. The molecule has 2 N–H and O–H groups in total. The fourth-order valence-electron chi connectivity index (χ4n) is 2.35. The summed E-state index contributed by atoms with van der Waals surface area (Å²) in [5, 5.41) is 2.94. The van der Waals surface area contributed by atoms with Gasteiger partial charge in [0.1, 0.15) is 6.29 Å². The van der Waals surface area contributed by atoms with Crippen LogP contribution < -0.4 is 5.73 Å². The number of halogens is 3. The third kappa shape index (κ3) is 4.77. The van der Waals surface area contributed by atoms with E-state index in [1.165, 1.54) is 0 Å². The number of fused-ring (bicyclic) bond motifs is 1. The highest BCUT2D eigenvalue weighted by atomic mass is 35.5. The highest BCUT2D eigenvalue weighted by Crippen LogP contribution is 2.34. The lowest BCUT2D eigenvalue weighted by Gasteiger charge is -2.02. The molecule has 0 radical (unpaired) electrons. The summed E-state index contributed by atoms with van der Waals surface area (Å²) in [4.78, 5) is 9.61. The van der Waals surface area contributed by atoms with Crippen molar-refractivity contribution in [1.82, 2.24) is 4.57 Å². The Morgan fingerprint density at radius 3 is 2.40 bits per heavy atom. The van der Waals surface area contributed by atoms with Gasteiger partial charge in [-0.3, -0.25) is 0 Å². The van der Waals surface area contributed by atoms with Crippen molar-refractivity contribution in [3.63, 3.8) is 0 Å². The van der Waals surface area contributed by atoms with Gasteiger partial charge in [-0.2, -0.15) is 0 Å². The maximum Gasteiger partial charge on any atom is 0.136 e. The van der Waals surface area contributed by atoms with Gasteiger partial charge in [-0.25, -0.2) is 0 Å². The molecule has 1 aromatic heterocycles. The lowest BCUT2D eigenvalue weighted by molar-refractivity contribution is -0.108. The van der Waals surface area contributed by atoms with Gasteiger partial charge in [-0.05, 0) is 42.3 Å². The van der Waals surface area contributed by atoms with Crippen LogP contribution in [0.25, 0.3) is 22.0 Å². The van der Waals surface area contributed by atoms with Gasteiger partial charge in [0.25, 0.3) is 0 Å². The Labute approximate surface area is 162 Å². The van der Waals surface area contributed by atoms with Crippen LogP contribution in [0.15, 0.2) is 42.6 Å². The van der Waals surface area contributed by atoms with E-state index in [0.29, 0.717) is 10.0 Å². The van der Waals surface area contributed by atoms with Crippen molar-refractivity contribution in [2.45, 2.75) is 19.4 Å². The molecule has 2 aromatic carbocycles. The molecule has 0 aliphatic carbocycles. The smallest absolute Gasteiger partial charge is 0.136 e. The molecule has 0 saturated carbocycles. The second-order valence-corrected chi connectivity index (χ2v) is 6.90. The van der Waals surface area contributed by atoms with Gasteiger partial charge in [-0.15, -0.1) is 0 Å². The van der Waals surface area contributed by atoms with Crippen LogP contribution in [0.2, 0.25) is 15.1 Å². The normalized spacial score (nSPS) is 11.8. The molecule has 0 aliphatic rings. The Morgan fingerprint density at radius 2 is 1.84 bits per heavy atom. The fourth-order valence-corrected chi connectivity index (χ4v) is 2.82. The van der Waals surface area contributed by atoms with E-state index >= 15 is 0 Å². The highest BCUT2D eigenvalue weighted by Gasteiger charge is 2.10. The largest absolute Gasteiger partial charge is 0.350 e. The van der Waals surface area contributed by atoms with Gasteiger partial charge in [-0.1, -0.05) is 47.8 Å². The number of nitrogens with zero attached hydrogens (tertiary/aromatic N) is 1. The van der Waals surface area contributed by atoms with Crippen molar-refractivity contribution in [3.05, 3.63) is 57.7 Å². The van der Waals surface area contributed by atoms with Crippen molar-refractivity contribution in [2.75, 3.05) is 0 Å². The first kappa shape index (κ1) is 19.8. The predicted molar refractivity (Wildman–Crippen MR) is 108 cm³/mol. The summed E-state index contributed by atoms with van der Waals surface area (Å²) in [6.45, 7) is 1.87. The standard InChI is InChI=1S/C15H10Cl3N.C4H9NO/c1-19-8-12(9-2-4-13(17)14(18)6-9)11-7-10(16)3-5-15(11)19;1-2-4(5)3-6/h2-8H,1H3;3-4H,2,5H2,1H3. The van der Waals surface area contributed by atoms with Crippen LogP contribution in [-0.2, 0) is 11.8 Å². The van der Waals surface area contributed by atoms with E-state index in [0.717, 1.165) is 39.8 Å². The molecule has 1 atom stereocenters. The fraction of sp³-hybridized carbons (Fsp3) is 0.211. The van der Waals surface area contributed by atoms with Crippen LogP contribution in [-0.4, -0.2) is 16.9 Å². The zero-order valence-corrected chi connectivity index (χ0v) is 16.2. The first-order chi connectivity index (χ1) is 11.9. The molecule has 0 fully saturated rings. The summed E-state index contributed by atoms with van der Waals surface area (Å²) in [7, 11) is 2.01. The van der Waals surface area contributed by atoms with Crippen LogP contribution in [0.5, 0.6) is 0 Å². The zero-order chi connectivity index (χ0) is 18.6. The molecule has 3 rings (SSSR count). The zero-order valence-electron chi connectivity index (χ0n) is 14.0. The van der Waals surface area contributed by atoms with Gasteiger partial charge < -0.3 is 15.1 Å². The van der Waals surface area contributed by atoms with E-state index in [4.69, 9.17) is 40.5 Å². The minimum Gasteiger partial charge on any atom is -0.350 e. The summed E-state index contributed by atoms with van der Waals surface area (Å²) in [5.41, 5.74) is 8.36. The first-order valence-corrected chi connectivity index (χ1v) is 8.91. The van der Waals surface area contributed by atoms with Crippen molar-refractivity contribution in [2.24, 2.45) is 12.8 Å². The molecule has 0 aliphatic heterocycles. The SMILES string of the molecule is CCC(N)C=O.Cn1cc(-c2ccc(Cl)c(Cl)c2)c2cc(Cl)ccc21. The summed E-state index contributed by atoms with van der Waals surface area (Å²) in [5.74, 6) is 0. The average molecular weight is 398 g/mol. The minimum atomic E-state index is -0.245. The molecule has 0 saturated heterocycles. The molecule has 1 heterocycles. The van der Waals surface area contributed by atoms with Gasteiger partial charge in [0, 0.05) is 34.7 Å².